The molecule has 3 aromatic rings. The van der Waals surface area contributed by atoms with Gasteiger partial charge in [-0.15, -0.1) is 0 Å². The van der Waals surface area contributed by atoms with Crippen molar-refractivity contribution in [3.63, 3.8) is 0 Å². The Balaban J connectivity index is 2.01. The lowest BCUT2D eigenvalue weighted by atomic mass is 10.1. The number of hydrogen-bond donors (Lipinski definition) is 0. The van der Waals surface area contributed by atoms with Gasteiger partial charge in [-0.3, -0.25) is 10.1 Å². The van der Waals surface area contributed by atoms with E-state index in [4.69, 9.17) is 0 Å². The number of aromatic nitrogens is 1. The van der Waals surface area contributed by atoms with Crippen LogP contribution in [0.25, 0.3) is 10.9 Å². The first-order chi connectivity index (χ1) is 10.0. The highest BCUT2D eigenvalue weighted by Gasteiger charge is 2.09. The topological polar surface area (TPSA) is 48.1 Å². The molecule has 2 aromatic carbocycles. The van der Waals surface area contributed by atoms with Gasteiger partial charge in [-0.25, -0.2) is 4.39 Å². The van der Waals surface area contributed by atoms with Gasteiger partial charge in [-0.05, 0) is 42.3 Å². The lowest BCUT2D eigenvalue weighted by Gasteiger charge is -2.09. The lowest BCUT2D eigenvalue weighted by molar-refractivity contribution is -0.384. The standard InChI is InChI=1S/C16H13FN2O2/c1-11-2-3-14(17)8-13(11)10-18-7-6-12-9-15(19(20)21)4-5-16(12)18/h2-9H,10H2,1H3. The number of nitro benzene ring substituents is 1. The molecule has 0 fully saturated rings. The Bertz CT molecular complexity index is 839. The average Bonchev–Trinajstić information content (AvgIpc) is 2.85. The largest absolute Gasteiger partial charge is 0.343 e. The predicted molar refractivity (Wildman–Crippen MR) is 78.8 cm³/mol. The van der Waals surface area contributed by atoms with Crippen LogP contribution in [0, 0.1) is 22.9 Å². The molecule has 0 aliphatic carbocycles. The number of nitrogens with zero attached hydrogens (tertiary/aromatic N) is 2. The molecule has 4 nitrogen and oxygen atoms in total. The molecule has 0 unspecified atom stereocenters. The maximum atomic E-state index is 13.3. The number of rotatable bonds is 3. The molecule has 0 aliphatic heterocycles. The summed E-state index contributed by atoms with van der Waals surface area (Å²) in [7, 11) is 0. The first-order valence-electron chi connectivity index (χ1n) is 6.53. The molecule has 21 heavy (non-hydrogen) atoms. The molecule has 1 heterocycles. The van der Waals surface area contributed by atoms with E-state index in [1.54, 1.807) is 18.2 Å². The molecule has 0 N–H and O–H groups in total. The Labute approximate surface area is 120 Å². The van der Waals surface area contributed by atoms with E-state index in [-0.39, 0.29) is 11.5 Å². The smallest absolute Gasteiger partial charge is 0.270 e. The van der Waals surface area contributed by atoms with Crippen LogP contribution < -0.4 is 0 Å². The Morgan fingerprint density at radius 2 is 2.00 bits per heavy atom. The third-order valence-electron chi connectivity index (χ3n) is 3.62. The van der Waals surface area contributed by atoms with Gasteiger partial charge in [0.25, 0.3) is 5.69 Å². The zero-order valence-electron chi connectivity index (χ0n) is 11.4. The van der Waals surface area contributed by atoms with Crippen LogP contribution in [0.4, 0.5) is 10.1 Å². The van der Waals surface area contributed by atoms with E-state index in [1.165, 1.54) is 18.2 Å². The first kappa shape index (κ1) is 13.3. The fourth-order valence-electron chi connectivity index (χ4n) is 2.43. The highest BCUT2D eigenvalue weighted by molar-refractivity contribution is 5.82. The number of aryl methyl sites for hydroxylation is 1. The second-order valence-corrected chi connectivity index (χ2v) is 5.01. The summed E-state index contributed by atoms with van der Waals surface area (Å²) >= 11 is 0. The van der Waals surface area contributed by atoms with Crippen LogP contribution in [0.15, 0.2) is 48.7 Å². The highest BCUT2D eigenvalue weighted by Crippen LogP contribution is 2.23. The molecule has 0 amide bonds. The zero-order chi connectivity index (χ0) is 15.0. The SMILES string of the molecule is Cc1ccc(F)cc1Cn1ccc2cc([N+](=O)[O-])ccc21. The molecular weight excluding hydrogens is 271 g/mol. The van der Waals surface area contributed by atoms with Crippen molar-refractivity contribution in [1.82, 2.24) is 4.57 Å². The van der Waals surface area contributed by atoms with Gasteiger partial charge >= 0.3 is 0 Å². The van der Waals surface area contributed by atoms with Crippen molar-refractivity contribution in [3.05, 3.63) is 75.7 Å². The Morgan fingerprint density at radius 1 is 1.19 bits per heavy atom. The van der Waals surface area contributed by atoms with Gasteiger partial charge in [-0.2, -0.15) is 0 Å². The van der Waals surface area contributed by atoms with E-state index in [9.17, 15) is 14.5 Å². The molecule has 106 valence electrons. The Hall–Kier alpha value is -2.69. The summed E-state index contributed by atoms with van der Waals surface area (Å²) < 4.78 is 15.3. The van der Waals surface area contributed by atoms with Crippen LogP contribution in [0.2, 0.25) is 0 Å². The Morgan fingerprint density at radius 3 is 2.76 bits per heavy atom. The molecule has 0 bridgehead atoms. The van der Waals surface area contributed by atoms with E-state index in [0.717, 1.165) is 22.0 Å². The molecule has 0 aliphatic rings. The number of benzene rings is 2. The minimum atomic E-state index is -0.409. The highest BCUT2D eigenvalue weighted by atomic mass is 19.1. The van der Waals surface area contributed by atoms with Crippen molar-refractivity contribution in [2.75, 3.05) is 0 Å². The molecule has 5 heteroatoms. The van der Waals surface area contributed by atoms with Gasteiger partial charge in [0.2, 0.25) is 0 Å². The third-order valence-corrected chi connectivity index (χ3v) is 3.62. The van der Waals surface area contributed by atoms with Crippen molar-refractivity contribution in [2.45, 2.75) is 13.5 Å². The van der Waals surface area contributed by atoms with Crippen molar-refractivity contribution >= 4 is 16.6 Å². The summed E-state index contributed by atoms with van der Waals surface area (Å²) in [5, 5.41) is 11.6. The third kappa shape index (κ3) is 2.50. The second kappa shape index (κ2) is 5.01. The molecule has 0 radical (unpaired) electrons. The van der Waals surface area contributed by atoms with Crippen LogP contribution in [-0.4, -0.2) is 9.49 Å². The number of hydrogen-bond acceptors (Lipinski definition) is 2. The number of fused-ring (bicyclic) bond motifs is 1. The quantitative estimate of drug-likeness (QED) is 0.538. The summed E-state index contributed by atoms with van der Waals surface area (Å²) in [5.41, 5.74) is 2.87. The van der Waals surface area contributed by atoms with Gasteiger partial charge in [0, 0.05) is 35.8 Å². The van der Waals surface area contributed by atoms with E-state index in [0.29, 0.717) is 6.54 Å². The molecule has 3 rings (SSSR count). The fourth-order valence-corrected chi connectivity index (χ4v) is 2.43. The van der Waals surface area contributed by atoms with Gasteiger partial charge in [-0.1, -0.05) is 6.07 Å². The monoisotopic (exact) mass is 284 g/mol. The summed E-state index contributed by atoms with van der Waals surface area (Å²) in [5.74, 6) is -0.261. The molecule has 0 saturated heterocycles. The van der Waals surface area contributed by atoms with Crippen LogP contribution >= 0.6 is 0 Å². The van der Waals surface area contributed by atoms with E-state index < -0.39 is 4.92 Å². The van der Waals surface area contributed by atoms with Crippen LogP contribution in [0.5, 0.6) is 0 Å². The van der Waals surface area contributed by atoms with Gasteiger partial charge < -0.3 is 4.57 Å². The molecular formula is C16H13FN2O2. The van der Waals surface area contributed by atoms with Crippen LogP contribution in [-0.2, 0) is 6.54 Å². The van der Waals surface area contributed by atoms with Gasteiger partial charge in [0.15, 0.2) is 0 Å². The van der Waals surface area contributed by atoms with E-state index in [1.807, 2.05) is 23.8 Å². The lowest BCUT2D eigenvalue weighted by Crippen LogP contribution is -2.00. The number of nitro groups is 1. The average molecular weight is 284 g/mol. The predicted octanol–water partition coefficient (Wildman–Crippen LogP) is 4.05. The first-order valence-corrected chi connectivity index (χ1v) is 6.53. The fraction of sp³-hybridized carbons (Fsp3) is 0.125. The molecule has 1 aromatic heterocycles. The second-order valence-electron chi connectivity index (χ2n) is 5.01. The number of non-ortho nitro benzene ring substituents is 1. The van der Waals surface area contributed by atoms with Crippen molar-refractivity contribution in [3.8, 4) is 0 Å². The molecule has 0 saturated carbocycles. The van der Waals surface area contributed by atoms with Gasteiger partial charge in [0.1, 0.15) is 5.82 Å². The summed E-state index contributed by atoms with van der Waals surface area (Å²) in [4.78, 5) is 10.4. The maximum Gasteiger partial charge on any atom is 0.270 e. The van der Waals surface area contributed by atoms with Gasteiger partial charge in [0.05, 0.1) is 4.92 Å². The van der Waals surface area contributed by atoms with Crippen LogP contribution in [0.1, 0.15) is 11.1 Å². The zero-order valence-corrected chi connectivity index (χ0v) is 11.4. The normalized spacial score (nSPS) is 11.0. The van der Waals surface area contributed by atoms with Crippen molar-refractivity contribution in [2.24, 2.45) is 0 Å². The van der Waals surface area contributed by atoms with E-state index >= 15 is 0 Å². The van der Waals surface area contributed by atoms with E-state index in [2.05, 4.69) is 0 Å². The van der Waals surface area contributed by atoms with Crippen molar-refractivity contribution in [1.29, 1.82) is 0 Å². The molecule has 0 atom stereocenters. The van der Waals surface area contributed by atoms with Crippen molar-refractivity contribution < 1.29 is 9.31 Å². The summed E-state index contributed by atoms with van der Waals surface area (Å²) in [6, 6.07) is 11.3. The minimum absolute atomic E-state index is 0.0715. The minimum Gasteiger partial charge on any atom is -0.343 e. The summed E-state index contributed by atoms with van der Waals surface area (Å²) in [6.07, 6.45) is 1.86. The number of halogens is 1. The Kier molecular flexibility index (Phi) is 3.17. The van der Waals surface area contributed by atoms with Crippen LogP contribution in [0.3, 0.4) is 0 Å². The maximum absolute atomic E-state index is 13.3. The molecule has 0 spiro atoms. The summed E-state index contributed by atoms with van der Waals surface area (Å²) in [6.45, 7) is 2.47.